The van der Waals surface area contributed by atoms with Gasteiger partial charge in [-0.1, -0.05) is 25.7 Å². The first-order valence-electron chi connectivity index (χ1n) is 19.7. The Morgan fingerprint density at radius 1 is 0.600 bits per heavy atom. The number of aliphatic hydroxyl groups is 2. The normalized spacial score (nSPS) is 11.6. The Kier molecular flexibility index (Phi) is 24.1. The quantitative estimate of drug-likeness (QED) is 0.0515. The number of aliphatic hydroxyl groups excluding tert-OH is 2. The van der Waals surface area contributed by atoms with E-state index in [1.807, 2.05) is 0 Å². The van der Waals surface area contributed by atoms with E-state index in [0.717, 1.165) is 25.7 Å². The number of alkyl carbamates (subject to hydrolysis) is 2. The van der Waals surface area contributed by atoms with Gasteiger partial charge in [-0.05, 0) is 39.5 Å². The minimum Gasteiger partial charge on any atom is -0.448 e. The number of aromatic nitrogens is 4. The fourth-order valence-electron chi connectivity index (χ4n) is 5.18. The minimum absolute atomic E-state index is 0.0225. The number of hydrogen-bond donors (Lipinski definition) is 12. The molecule has 2 heterocycles. The SMILES string of the molecule is Cc1cc(=O)[nH]c(NC(=O)NCCCCCCNC(=O)OCCNC(=O)CC(O)CC(O)C(=O)NCCOC(=O)NCCCCCCNC(=O)Nc2nc(C)cc(=O)[nH]2)n1. The summed E-state index contributed by atoms with van der Waals surface area (Å²) in [4.78, 5) is 107. The van der Waals surface area contributed by atoms with Gasteiger partial charge in [-0.2, -0.15) is 0 Å². The van der Waals surface area contributed by atoms with Crippen LogP contribution in [-0.4, -0.2) is 131 Å². The number of anilines is 2. The number of hydrogen-bond acceptors (Lipinski definition) is 14. The lowest BCUT2D eigenvalue weighted by Gasteiger charge is -2.16. The van der Waals surface area contributed by atoms with Crippen LogP contribution in [0, 0.1) is 13.8 Å². The molecule has 0 aliphatic carbocycles. The summed E-state index contributed by atoms with van der Waals surface area (Å²) < 4.78 is 9.98. The van der Waals surface area contributed by atoms with Crippen LogP contribution in [0.15, 0.2) is 21.7 Å². The first-order chi connectivity index (χ1) is 28.7. The molecule has 0 radical (unpaired) electrons. The van der Waals surface area contributed by atoms with Crippen LogP contribution in [0.25, 0.3) is 0 Å². The summed E-state index contributed by atoms with van der Waals surface area (Å²) in [5, 5.41) is 40.5. The molecular weight excluding hydrogens is 792 g/mol. The number of aryl methyl sites for hydroxylation is 2. The molecule has 24 heteroatoms. The van der Waals surface area contributed by atoms with Crippen molar-refractivity contribution in [3.63, 3.8) is 0 Å². The van der Waals surface area contributed by atoms with Gasteiger partial charge in [0, 0.05) is 56.1 Å². The van der Waals surface area contributed by atoms with Gasteiger partial charge in [0.2, 0.25) is 23.7 Å². The summed E-state index contributed by atoms with van der Waals surface area (Å²) in [6, 6.07) is 1.64. The summed E-state index contributed by atoms with van der Waals surface area (Å²) in [6.07, 6.45) is 0.756. The maximum Gasteiger partial charge on any atom is 0.407 e. The van der Waals surface area contributed by atoms with Crippen LogP contribution < -0.4 is 53.7 Å². The van der Waals surface area contributed by atoms with E-state index < -0.39 is 61.1 Å². The average molecular weight is 851 g/mol. The van der Waals surface area contributed by atoms with Gasteiger partial charge < -0.3 is 51.6 Å². The van der Waals surface area contributed by atoms with Crippen molar-refractivity contribution in [2.45, 2.75) is 90.3 Å². The second kappa shape index (κ2) is 29.0. The van der Waals surface area contributed by atoms with Gasteiger partial charge in [0.1, 0.15) is 19.3 Å². The lowest BCUT2D eigenvalue weighted by molar-refractivity contribution is -0.132. The summed E-state index contributed by atoms with van der Waals surface area (Å²) in [7, 11) is 0. The Morgan fingerprint density at radius 3 is 1.45 bits per heavy atom. The smallest absolute Gasteiger partial charge is 0.407 e. The van der Waals surface area contributed by atoms with Crippen molar-refractivity contribution in [1.29, 1.82) is 0 Å². The van der Waals surface area contributed by atoms with E-state index in [-0.39, 0.29) is 49.3 Å². The zero-order valence-electron chi connectivity index (χ0n) is 33.9. The Labute approximate surface area is 345 Å². The molecule has 60 heavy (non-hydrogen) atoms. The molecule has 0 aliphatic rings. The number of ether oxygens (including phenoxy) is 2. The van der Waals surface area contributed by atoms with Crippen molar-refractivity contribution in [2.24, 2.45) is 0 Å². The molecule has 2 unspecified atom stereocenters. The zero-order valence-corrected chi connectivity index (χ0v) is 33.9. The highest BCUT2D eigenvalue weighted by atomic mass is 16.6. The Morgan fingerprint density at radius 2 is 1.02 bits per heavy atom. The largest absolute Gasteiger partial charge is 0.448 e. The molecule has 334 valence electrons. The lowest BCUT2D eigenvalue weighted by atomic mass is 10.1. The van der Waals surface area contributed by atoms with Gasteiger partial charge in [-0.15, -0.1) is 0 Å². The highest BCUT2D eigenvalue weighted by Gasteiger charge is 2.21. The van der Waals surface area contributed by atoms with Crippen LogP contribution >= 0.6 is 0 Å². The molecule has 0 bridgehead atoms. The van der Waals surface area contributed by atoms with Gasteiger partial charge >= 0.3 is 24.2 Å². The average Bonchev–Trinajstić information content (AvgIpc) is 3.16. The number of amides is 8. The maximum absolute atomic E-state index is 12.1. The first-order valence-corrected chi connectivity index (χ1v) is 19.7. The van der Waals surface area contributed by atoms with Crippen molar-refractivity contribution in [3.8, 4) is 0 Å². The van der Waals surface area contributed by atoms with Crippen LogP contribution in [0.4, 0.5) is 31.1 Å². The Balaban J connectivity index is 1.38. The number of aromatic amines is 2. The van der Waals surface area contributed by atoms with Crippen molar-refractivity contribution >= 4 is 48.0 Å². The van der Waals surface area contributed by atoms with Crippen LogP contribution in [-0.2, 0) is 19.1 Å². The van der Waals surface area contributed by atoms with Crippen molar-refractivity contribution in [1.82, 2.24) is 51.8 Å². The number of rotatable bonds is 27. The predicted molar refractivity (Wildman–Crippen MR) is 216 cm³/mol. The summed E-state index contributed by atoms with van der Waals surface area (Å²) in [5.74, 6) is -1.28. The summed E-state index contributed by atoms with van der Waals surface area (Å²) >= 11 is 0. The molecule has 2 atom stereocenters. The zero-order chi connectivity index (χ0) is 44.1. The van der Waals surface area contributed by atoms with E-state index in [1.165, 1.54) is 12.1 Å². The maximum atomic E-state index is 12.1. The molecule has 0 spiro atoms. The molecule has 2 aromatic heterocycles. The molecule has 0 aromatic carbocycles. The second-order valence-electron chi connectivity index (χ2n) is 13.4. The third kappa shape index (κ3) is 24.5. The van der Waals surface area contributed by atoms with Crippen molar-refractivity contribution in [2.75, 3.05) is 63.1 Å². The van der Waals surface area contributed by atoms with Gasteiger partial charge in [-0.3, -0.25) is 39.8 Å². The van der Waals surface area contributed by atoms with Crippen molar-refractivity contribution < 1.29 is 48.5 Å². The number of H-pyrrole nitrogens is 2. The molecule has 12 N–H and O–H groups in total. The number of urea groups is 2. The van der Waals surface area contributed by atoms with E-state index >= 15 is 0 Å². The van der Waals surface area contributed by atoms with Crippen LogP contribution in [0.3, 0.4) is 0 Å². The number of nitrogens with zero attached hydrogens (tertiary/aromatic N) is 2. The number of carbonyl (C=O) groups excluding carboxylic acids is 6. The Bertz CT molecular complexity index is 1790. The fraction of sp³-hybridized carbons (Fsp3) is 0.611. The summed E-state index contributed by atoms with van der Waals surface area (Å²) in [5.41, 5.74) is 0.219. The standard InChI is InChI=1S/C36H58N12O12/c1-23-19-28(52)45-31(43-23)47-33(55)39-11-7-3-5-9-13-41-35(57)59-17-15-37-27(51)22-25(49)21-26(50)30(54)38-16-18-60-36(58)42-14-10-6-4-8-12-40-34(56)48-32-44-24(2)20-29(53)46-32/h19-20,25-26,49-50H,3-18,21-22H2,1-2H3,(H,37,51)(H,38,54)(H,41,57)(H,42,58)(H3,39,43,45,47,52,55)(H3,40,44,46,48,53,56). The van der Waals surface area contributed by atoms with E-state index in [9.17, 15) is 48.6 Å². The minimum atomic E-state index is -1.62. The summed E-state index contributed by atoms with van der Waals surface area (Å²) in [6.45, 7) is 4.40. The van der Waals surface area contributed by atoms with Gasteiger partial charge in [-0.25, -0.2) is 29.1 Å². The number of unbranched alkanes of at least 4 members (excludes halogenated alkanes) is 6. The van der Waals surface area contributed by atoms with Gasteiger partial charge in [0.25, 0.3) is 11.1 Å². The van der Waals surface area contributed by atoms with E-state index in [1.54, 1.807) is 13.8 Å². The Hall–Kier alpha value is -6.30. The van der Waals surface area contributed by atoms with Crippen LogP contribution in [0.2, 0.25) is 0 Å². The number of nitrogens with one attached hydrogen (secondary N) is 10. The molecule has 0 saturated heterocycles. The third-order valence-corrected chi connectivity index (χ3v) is 8.03. The molecule has 2 aromatic rings. The van der Waals surface area contributed by atoms with E-state index in [4.69, 9.17) is 9.47 Å². The topological polar surface area (TPSA) is 349 Å². The first kappa shape index (κ1) is 49.8. The molecule has 24 nitrogen and oxygen atoms in total. The third-order valence-electron chi connectivity index (χ3n) is 8.03. The highest BCUT2D eigenvalue weighted by molar-refractivity contribution is 5.87. The fourth-order valence-corrected chi connectivity index (χ4v) is 5.18. The number of carbonyl (C=O) groups is 6. The van der Waals surface area contributed by atoms with Crippen molar-refractivity contribution in [3.05, 3.63) is 44.2 Å². The van der Waals surface area contributed by atoms with Gasteiger partial charge in [0.15, 0.2) is 0 Å². The molecule has 0 fully saturated rings. The predicted octanol–water partition coefficient (Wildman–Crippen LogP) is -0.279. The molecule has 0 saturated carbocycles. The monoisotopic (exact) mass is 850 g/mol. The van der Waals surface area contributed by atoms with Crippen LogP contribution in [0.5, 0.6) is 0 Å². The molecule has 8 amide bonds. The highest BCUT2D eigenvalue weighted by Crippen LogP contribution is 2.04. The second-order valence-corrected chi connectivity index (χ2v) is 13.4. The van der Waals surface area contributed by atoms with E-state index in [0.29, 0.717) is 63.3 Å². The van der Waals surface area contributed by atoms with Gasteiger partial charge in [0.05, 0.1) is 25.6 Å². The lowest BCUT2D eigenvalue weighted by Crippen LogP contribution is -2.40. The molecule has 2 rings (SSSR count). The van der Waals surface area contributed by atoms with Crippen LogP contribution in [0.1, 0.15) is 75.6 Å². The molecule has 0 aliphatic heterocycles. The van der Waals surface area contributed by atoms with E-state index in [2.05, 4.69) is 62.5 Å². The molecular formula is C36H58N12O12.